The SMILES string of the molecule is CN(C)C(=O)C1CCCC(NC(=O)[C@@]23CCCC[C@H]2CNC3)C1.Cl. The summed E-state index contributed by atoms with van der Waals surface area (Å²) in [7, 11) is 3.64. The van der Waals surface area contributed by atoms with Gasteiger partial charge in [0.1, 0.15) is 0 Å². The van der Waals surface area contributed by atoms with Gasteiger partial charge in [0.2, 0.25) is 11.8 Å². The minimum atomic E-state index is -0.184. The van der Waals surface area contributed by atoms with Crippen molar-refractivity contribution in [1.29, 1.82) is 0 Å². The molecule has 3 rings (SSSR count). The summed E-state index contributed by atoms with van der Waals surface area (Å²) < 4.78 is 0. The molecule has 6 heteroatoms. The molecule has 0 spiro atoms. The molecule has 4 atom stereocenters. The molecule has 0 radical (unpaired) electrons. The normalized spacial score (nSPS) is 35.5. The first-order valence-electron chi connectivity index (χ1n) is 9.26. The first-order valence-corrected chi connectivity index (χ1v) is 9.26. The second-order valence-corrected chi connectivity index (χ2v) is 8.00. The predicted octanol–water partition coefficient (Wildman–Crippen LogP) is 1.95. The van der Waals surface area contributed by atoms with E-state index in [9.17, 15) is 9.59 Å². The molecule has 2 aliphatic carbocycles. The van der Waals surface area contributed by atoms with Gasteiger partial charge in [0, 0.05) is 32.6 Å². The molecule has 24 heavy (non-hydrogen) atoms. The number of carbonyl (C=O) groups is 2. The lowest BCUT2D eigenvalue weighted by atomic mass is 9.67. The summed E-state index contributed by atoms with van der Waals surface area (Å²) in [5.41, 5.74) is -0.184. The Kier molecular flexibility index (Phi) is 6.54. The lowest BCUT2D eigenvalue weighted by molar-refractivity contribution is -0.137. The molecular formula is C18H32ClN3O2. The number of fused-ring (bicyclic) bond motifs is 1. The van der Waals surface area contributed by atoms with Crippen LogP contribution in [0.5, 0.6) is 0 Å². The van der Waals surface area contributed by atoms with Gasteiger partial charge in [-0.25, -0.2) is 0 Å². The highest BCUT2D eigenvalue weighted by Crippen LogP contribution is 2.44. The molecule has 2 unspecified atom stereocenters. The van der Waals surface area contributed by atoms with Crippen molar-refractivity contribution in [3.8, 4) is 0 Å². The molecule has 1 heterocycles. The summed E-state index contributed by atoms with van der Waals surface area (Å²) in [5.74, 6) is 1.03. The lowest BCUT2D eigenvalue weighted by Crippen LogP contribution is -2.52. The Bertz CT molecular complexity index is 471. The minimum Gasteiger partial charge on any atom is -0.353 e. The van der Waals surface area contributed by atoms with Crippen molar-refractivity contribution in [2.75, 3.05) is 27.2 Å². The number of amides is 2. The average molecular weight is 358 g/mol. The molecule has 5 nitrogen and oxygen atoms in total. The van der Waals surface area contributed by atoms with Crippen molar-refractivity contribution in [2.24, 2.45) is 17.3 Å². The minimum absolute atomic E-state index is 0. The smallest absolute Gasteiger partial charge is 0.228 e. The number of carbonyl (C=O) groups excluding carboxylic acids is 2. The third-order valence-corrected chi connectivity index (χ3v) is 6.29. The van der Waals surface area contributed by atoms with E-state index in [-0.39, 0.29) is 41.6 Å². The standard InChI is InChI=1S/C18H31N3O2.ClH/c1-21(2)16(22)13-6-5-8-15(10-13)20-17(23)18-9-4-3-7-14(18)11-19-12-18;/h13-15,19H,3-12H2,1-2H3,(H,20,23);1H/t13?,14-,15?,18+;/m0./s1. The van der Waals surface area contributed by atoms with Gasteiger partial charge in [0.15, 0.2) is 0 Å². The van der Waals surface area contributed by atoms with E-state index in [1.54, 1.807) is 4.90 Å². The third kappa shape index (κ3) is 3.72. The molecule has 0 bridgehead atoms. The van der Waals surface area contributed by atoms with Crippen molar-refractivity contribution >= 4 is 24.2 Å². The Morgan fingerprint density at radius 1 is 1.12 bits per heavy atom. The van der Waals surface area contributed by atoms with Crippen LogP contribution in [0.25, 0.3) is 0 Å². The second-order valence-electron chi connectivity index (χ2n) is 8.00. The number of nitrogens with zero attached hydrogens (tertiary/aromatic N) is 1. The van der Waals surface area contributed by atoms with Crippen molar-refractivity contribution in [3.63, 3.8) is 0 Å². The van der Waals surface area contributed by atoms with Crippen LogP contribution in [0.2, 0.25) is 0 Å². The van der Waals surface area contributed by atoms with Crippen molar-refractivity contribution in [2.45, 2.75) is 57.4 Å². The van der Waals surface area contributed by atoms with Crippen LogP contribution in [0.15, 0.2) is 0 Å². The van der Waals surface area contributed by atoms with Gasteiger partial charge in [0.05, 0.1) is 5.41 Å². The van der Waals surface area contributed by atoms with Crippen LogP contribution in [0.4, 0.5) is 0 Å². The molecule has 1 aliphatic heterocycles. The Balaban J connectivity index is 0.00000208. The molecule has 0 aromatic rings. The Hall–Kier alpha value is -0.810. The van der Waals surface area contributed by atoms with E-state index in [2.05, 4.69) is 10.6 Å². The highest BCUT2D eigenvalue weighted by atomic mass is 35.5. The zero-order valence-corrected chi connectivity index (χ0v) is 15.8. The molecule has 138 valence electrons. The van der Waals surface area contributed by atoms with Crippen LogP contribution >= 0.6 is 12.4 Å². The van der Waals surface area contributed by atoms with E-state index in [0.29, 0.717) is 5.92 Å². The Morgan fingerprint density at radius 2 is 1.92 bits per heavy atom. The van der Waals surface area contributed by atoms with E-state index >= 15 is 0 Å². The highest BCUT2D eigenvalue weighted by Gasteiger charge is 2.50. The quantitative estimate of drug-likeness (QED) is 0.811. The van der Waals surface area contributed by atoms with Crippen LogP contribution in [-0.4, -0.2) is 49.9 Å². The molecule has 0 aromatic heterocycles. The van der Waals surface area contributed by atoms with Gasteiger partial charge >= 0.3 is 0 Å². The molecular weight excluding hydrogens is 326 g/mol. The fraction of sp³-hybridized carbons (Fsp3) is 0.889. The molecule has 3 aliphatic rings. The summed E-state index contributed by atoms with van der Waals surface area (Å²) in [6.07, 6.45) is 8.41. The number of hydrogen-bond acceptors (Lipinski definition) is 3. The number of nitrogens with one attached hydrogen (secondary N) is 2. The van der Waals surface area contributed by atoms with Gasteiger partial charge in [-0.15, -0.1) is 12.4 Å². The fourth-order valence-electron chi connectivity index (χ4n) is 4.93. The summed E-state index contributed by atoms with van der Waals surface area (Å²) in [4.78, 5) is 26.9. The van der Waals surface area contributed by atoms with Crippen LogP contribution in [0.3, 0.4) is 0 Å². The summed E-state index contributed by atoms with van der Waals surface area (Å²) in [6.45, 7) is 1.82. The second kappa shape index (κ2) is 8.05. The Morgan fingerprint density at radius 3 is 2.67 bits per heavy atom. The first kappa shape index (κ1) is 19.5. The van der Waals surface area contributed by atoms with Crippen molar-refractivity contribution in [3.05, 3.63) is 0 Å². The van der Waals surface area contributed by atoms with Gasteiger partial charge in [-0.1, -0.05) is 19.3 Å². The summed E-state index contributed by atoms with van der Waals surface area (Å²) >= 11 is 0. The lowest BCUT2D eigenvalue weighted by Gasteiger charge is -2.39. The molecule has 2 N–H and O–H groups in total. The molecule has 3 fully saturated rings. The highest BCUT2D eigenvalue weighted by molar-refractivity contribution is 5.85. The topological polar surface area (TPSA) is 61.4 Å². The maximum atomic E-state index is 13.0. The van der Waals surface area contributed by atoms with Gasteiger partial charge in [-0.2, -0.15) is 0 Å². The first-order chi connectivity index (χ1) is 11.0. The Labute approximate surface area is 151 Å². The van der Waals surface area contributed by atoms with Crippen LogP contribution in [-0.2, 0) is 9.59 Å². The van der Waals surface area contributed by atoms with E-state index in [4.69, 9.17) is 0 Å². The largest absolute Gasteiger partial charge is 0.353 e. The number of rotatable bonds is 3. The van der Waals surface area contributed by atoms with Crippen molar-refractivity contribution in [1.82, 2.24) is 15.5 Å². The number of hydrogen-bond donors (Lipinski definition) is 2. The molecule has 1 saturated heterocycles. The molecule has 0 aromatic carbocycles. The van der Waals surface area contributed by atoms with Crippen LogP contribution < -0.4 is 10.6 Å². The van der Waals surface area contributed by atoms with Gasteiger partial charge < -0.3 is 15.5 Å². The van der Waals surface area contributed by atoms with Gasteiger partial charge in [-0.05, 0) is 44.6 Å². The summed E-state index contributed by atoms with van der Waals surface area (Å²) in [6, 6.07) is 0.169. The summed E-state index contributed by atoms with van der Waals surface area (Å²) in [5, 5.41) is 6.77. The zero-order valence-electron chi connectivity index (χ0n) is 15.0. The molecule has 2 amide bonds. The van der Waals surface area contributed by atoms with Crippen molar-refractivity contribution < 1.29 is 9.59 Å². The van der Waals surface area contributed by atoms with E-state index in [0.717, 1.165) is 51.6 Å². The monoisotopic (exact) mass is 357 g/mol. The predicted molar refractivity (Wildman–Crippen MR) is 97.1 cm³/mol. The van der Waals surface area contributed by atoms with Crippen LogP contribution in [0, 0.1) is 17.3 Å². The average Bonchev–Trinajstić information content (AvgIpc) is 2.99. The van der Waals surface area contributed by atoms with E-state index in [1.807, 2.05) is 14.1 Å². The number of halogens is 1. The fourth-order valence-corrected chi connectivity index (χ4v) is 4.93. The molecule has 2 saturated carbocycles. The van der Waals surface area contributed by atoms with Crippen LogP contribution in [0.1, 0.15) is 51.4 Å². The van der Waals surface area contributed by atoms with Gasteiger partial charge in [-0.3, -0.25) is 9.59 Å². The maximum Gasteiger partial charge on any atom is 0.228 e. The van der Waals surface area contributed by atoms with Gasteiger partial charge in [0.25, 0.3) is 0 Å². The van der Waals surface area contributed by atoms with E-state index < -0.39 is 0 Å². The van der Waals surface area contributed by atoms with E-state index in [1.165, 1.54) is 12.8 Å². The maximum absolute atomic E-state index is 13.0. The zero-order chi connectivity index (χ0) is 16.4. The third-order valence-electron chi connectivity index (χ3n) is 6.29.